The third kappa shape index (κ3) is 3.06. The molecule has 4 nitrogen and oxygen atoms in total. The summed E-state index contributed by atoms with van der Waals surface area (Å²) >= 11 is 5.95. The van der Waals surface area contributed by atoms with Crippen LogP contribution in [0, 0.1) is 0 Å². The van der Waals surface area contributed by atoms with Gasteiger partial charge in [-0.25, -0.2) is 9.67 Å². The first-order valence-electron chi connectivity index (χ1n) is 7.08. The molecule has 0 fully saturated rings. The van der Waals surface area contributed by atoms with Gasteiger partial charge in [-0.05, 0) is 30.7 Å². The molecule has 0 amide bonds. The van der Waals surface area contributed by atoms with E-state index in [0.29, 0.717) is 5.02 Å². The molecule has 0 saturated carbocycles. The summed E-state index contributed by atoms with van der Waals surface area (Å²) in [5, 5.41) is 9.45. The van der Waals surface area contributed by atoms with Gasteiger partial charge in [-0.2, -0.15) is 5.10 Å². The molecular formula is C16H17ClN4. The molecule has 0 aliphatic heterocycles. The first-order chi connectivity index (χ1) is 10.3. The Kier molecular flexibility index (Phi) is 4.18. The fourth-order valence-electron chi connectivity index (χ4n) is 2.32. The maximum Gasteiger partial charge on any atom is 0.154 e. The van der Waals surface area contributed by atoms with Crippen molar-refractivity contribution < 1.29 is 0 Å². The summed E-state index contributed by atoms with van der Waals surface area (Å²) < 4.78 is 1.71. The van der Waals surface area contributed by atoms with Crippen LogP contribution in [-0.2, 0) is 6.54 Å². The Morgan fingerprint density at radius 3 is 2.90 bits per heavy atom. The van der Waals surface area contributed by atoms with Crippen molar-refractivity contribution >= 4 is 22.5 Å². The van der Waals surface area contributed by atoms with Crippen LogP contribution in [0.3, 0.4) is 0 Å². The van der Waals surface area contributed by atoms with Gasteiger partial charge in [0.25, 0.3) is 0 Å². The van der Waals surface area contributed by atoms with Gasteiger partial charge in [-0.1, -0.05) is 36.7 Å². The summed E-state index contributed by atoms with van der Waals surface area (Å²) in [5.41, 5.74) is 2.19. The van der Waals surface area contributed by atoms with Gasteiger partial charge in [0.15, 0.2) is 5.82 Å². The molecule has 108 valence electrons. The molecule has 0 aliphatic carbocycles. The summed E-state index contributed by atoms with van der Waals surface area (Å²) in [4.78, 5) is 4.66. The molecule has 0 radical (unpaired) electrons. The first-order valence-corrected chi connectivity index (χ1v) is 7.45. The molecule has 3 aromatic rings. The van der Waals surface area contributed by atoms with Gasteiger partial charge < -0.3 is 5.32 Å². The average molecular weight is 301 g/mol. The van der Waals surface area contributed by atoms with Crippen LogP contribution in [-0.4, -0.2) is 21.3 Å². The van der Waals surface area contributed by atoms with Crippen molar-refractivity contribution in [1.82, 2.24) is 20.1 Å². The standard InChI is InChI=1S/C16H17ClN4/c1-2-7-18-9-12-8-16(21-11-13(17)10-19-21)20-15-6-4-3-5-14(12)15/h3-6,8,10-11,18H,2,7,9H2,1H3. The summed E-state index contributed by atoms with van der Waals surface area (Å²) in [6.07, 6.45) is 4.50. The smallest absolute Gasteiger partial charge is 0.154 e. The number of hydrogen-bond acceptors (Lipinski definition) is 3. The van der Waals surface area contributed by atoms with Crippen LogP contribution in [0.15, 0.2) is 42.7 Å². The predicted molar refractivity (Wildman–Crippen MR) is 85.9 cm³/mol. The van der Waals surface area contributed by atoms with Crippen molar-refractivity contribution in [1.29, 1.82) is 0 Å². The van der Waals surface area contributed by atoms with Crippen LogP contribution in [0.1, 0.15) is 18.9 Å². The van der Waals surface area contributed by atoms with Gasteiger partial charge in [-0.3, -0.25) is 0 Å². The zero-order valence-corrected chi connectivity index (χ0v) is 12.6. The summed E-state index contributed by atoms with van der Waals surface area (Å²) in [7, 11) is 0. The number of rotatable bonds is 5. The summed E-state index contributed by atoms with van der Waals surface area (Å²) in [6.45, 7) is 3.98. The second-order valence-corrected chi connectivity index (χ2v) is 5.37. The Balaban J connectivity index is 2.05. The normalized spacial score (nSPS) is 11.1. The van der Waals surface area contributed by atoms with E-state index in [1.165, 1.54) is 10.9 Å². The number of benzene rings is 1. The number of fused-ring (bicyclic) bond motifs is 1. The van der Waals surface area contributed by atoms with Gasteiger partial charge in [0.1, 0.15) is 0 Å². The zero-order chi connectivity index (χ0) is 14.7. The molecule has 3 rings (SSSR count). The van der Waals surface area contributed by atoms with E-state index in [4.69, 9.17) is 11.6 Å². The SMILES string of the molecule is CCCNCc1cc(-n2cc(Cl)cn2)nc2ccccc12. The molecule has 0 spiro atoms. The van der Waals surface area contributed by atoms with Crippen LogP contribution in [0.5, 0.6) is 0 Å². The highest BCUT2D eigenvalue weighted by atomic mass is 35.5. The van der Waals surface area contributed by atoms with Gasteiger partial charge >= 0.3 is 0 Å². The number of nitrogens with one attached hydrogen (secondary N) is 1. The molecule has 0 atom stereocenters. The zero-order valence-electron chi connectivity index (χ0n) is 11.9. The minimum atomic E-state index is 0.607. The molecule has 2 heterocycles. The van der Waals surface area contributed by atoms with Crippen LogP contribution in [0.4, 0.5) is 0 Å². The van der Waals surface area contributed by atoms with Crippen molar-refractivity contribution in [3.63, 3.8) is 0 Å². The van der Waals surface area contributed by atoms with Gasteiger partial charge in [0, 0.05) is 11.9 Å². The number of halogens is 1. The number of para-hydroxylation sites is 1. The van der Waals surface area contributed by atoms with E-state index < -0.39 is 0 Å². The number of nitrogens with zero attached hydrogens (tertiary/aromatic N) is 3. The molecule has 0 unspecified atom stereocenters. The highest BCUT2D eigenvalue weighted by Gasteiger charge is 2.08. The molecule has 1 aromatic carbocycles. The van der Waals surface area contributed by atoms with E-state index >= 15 is 0 Å². The van der Waals surface area contributed by atoms with E-state index in [1.54, 1.807) is 17.1 Å². The molecule has 0 saturated heterocycles. The Morgan fingerprint density at radius 1 is 1.29 bits per heavy atom. The lowest BCUT2D eigenvalue weighted by Gasteiger charge is -2.10. The minimum Gasteiger partial charge on any atom is -0.313 e. The van der Waals surface area contributed by atoms with Crippen molar-refractivity contribution in [2.24, 2.45) is 0 Å². The second-order valence-electron chi connectivity index (χ2n) is 4.94. The third-order valence-electron chi connectivity index (χ3n) is 3.32. The summed E-state index contributed by atoms with van der Waals surface area (Å²) in [6, 6.07) is 10.2. The van der Waals surface area contributed by atoms with Gasteiger partial charge in [0.05, 0.1) is 22.9 Å². The Hall–Kier alpha value is -1.91. The lowest BCUT2D eigenvalue weighted by molar-refractivity contribution is 0.677. The van der Waals surface area contributed by atoms with E-state index in [0.717, 1.165) is 30.8 Å². The lowest BCUT2D eigenvalue weighted by atomic mass is 10.1. The van der Waals surface area contributed by atoms with Crippen molar-refractivity contribution in [3.05, 3.63) is 53.3 Å². The molecule has 21 heavy (non-hydrogen) atoms. The molecular weight excluding hydrogens is 284 g/mol. The minimum absolute atomic E-state index is 0.607. The maximum absolute atomic E-state index is 5.95. The lowest BCUT2D eigenvalue weighted by Crippen LogP contribution is -2.14. The highest BCUT2D eigenvalue weighted by Crippen LogP contribution is 2.20. The number of aromatic nitrogens is 3. The second kappa shape index (κ2) is 6.24. The Bertz CT molecular complexity index is 751. The topological polar surface area (TPSA) is 42.7 Å². The van der Waals surface area contributed by atoms with Crippen molar-refractivity contribution in [2.45, 2.75) is 19.9 Å². The highest BCUT2D eigenvalue weighted by molar-refractivity contribution is 6.30. The van der Waals surface area contributed by atoms with Gasteiger partial charge in [0.2, 0.25) is 0 Å². The van der Waals surface area contributed by atoms with E-state index in [1.807, 2.05) is 18.2 Å². The van der Waals surface area contributed by atoms with E-state index in [9.17, 15) is 0 Å². The fourth-order valence-corrected chi connectivity index (χ4v) is 2.46. The quantitative estimate of drug-likeness (QED) is 0.733. The first kappa shape index (κ1) is 14.0. The van der Waals surface area contributed by atoms with E-state index in [2.05, 4.69) is 34.5 Å². The van der Waals surface area contributed by atoms with Crippen LogP contribution >= 0.6 is 11.6 Å². The Labute approximate surface area is 128 Å². The summed E-state index contributed by atoms with van der Waals surface area (Å²) in [5.74, 6) is 0.786. The number of hydrogen-bond donors (Lipinski definition) is 1. The van der Waals surface area contributed by atoms with Crippen molar-refractivity contribution in [3.8, 4) is 5.82 Å². The largest absolute Gasteiger partial charge is 0.313 e. The monoisotopic (exact) mass is 300 g/mol. The fraction of sp³-hybridized carbons (Fsp3) is 0.250. The van der Waals surface area contributed by atoms with Crippen LogP contribution < -0.4 is 5.32 Å². The number of pyridine rings is 1. The average Bonchev–Trinajstić information content (AvgIpc) is 2.94. The van der Waals surface area contributed by atoms with E-state index in [-0.39, 0.29) is 0 Å². The van der Waals surface area contributed by atoms with Crippen molar-refractivity contribution in [2.75, 3.05) is 6.54 Å². The molecule has 0 aliphatic rings. The van der Waals surface area contributed by atoms with Gasteiger partial charge in [-0.15, -0.1) is 0 Å². The maximum atomic E-state index is 5.95. The van der Waals surface area contributed by atoms with Crippen LogP contribution in [0.25, 0.3) is 16.7 Å². The molecule has 0 bridgehead atoms. The third-order valence-corrected chi connectivity index (χ3v) is 3.51. The molecule has 1 N–H and O–H groups in total. The Morgan fingerprint density at radius 2 is 2.14 bits per heavy atom. The molecule has 5 heteroatoms. The predicted octanol–water partition coefficient (Wildman–Crippen LogP) is 3.57. The van der Waals surface area contributed by atoms with Crippen LogP contribution in [0.2, 0.25) is 5.02 Å². The molecule has 2 aromatic heterocycles.